The Kier molecular flexibility index (Phi) is 2.98. The monoisotopic (exact) mass is 311 g/mol. The Bertz CT molecular complexity index is 1030. The molecule has 0 radical (unpaired) electrons. The van der Waals surface area contributed by atoms with E-state index in [2.05, 4.69) is 58.7 Å². The van der Waals surface area contributed by atoms with Crippen molar-refractivity contribution in [3.63, 3.8) is 0 Å². The van der Waals surface area contributed by atoms with Gasteiger partial charge in [-0.1, -0.05) is 30.3 Å². The second kappa shape index (κ2) is 5.31. The summed E-state index contributed by atoms with van der Waals surface area (Å²) in [6.07, 6.45) is 6.37. The molecule has 24 heavy (non-hydrogen) atoms. The third kappa shape index (κ3) is 2.29. The maximum Gasteiger partial charge on any atom is 0.0780 e. The van der Waals surface area contributed by atoms with E-state index in [1.54, 1.807) is 0 Å². The normalized spacial score (nSPS) is 14.2. The molecule has 0 bridgehead atoms. The molecule has 0 spiro atoms. The van der Waals surface area contributed by atoms with Gasteiger partial charge in [-0.25, -0.2) is 0 Å². The fourth-order valence-electron chi connectivity index (χ4n) is 3.34. The Balaban J connectivity index is 1.66. The molecule has 1 aliphatic rings. The van der Waals surface area contributed by atoms with Crippen LogP contribution in [-0.4, -0.2) is 15.2 Å². The van der Waals surface area contributed by atoms with Crippen molar-refractivity contribution in [3.8, 4) is 22.4 Å². The summed E-state index contributed by atoms with van der Waals surface area (Å²) >= 11 is 0. The first-order valence-corrected chi connectivity index (χ1v) is 8.37. The van der Waals surface area contributed by atoms with E-state index in [4.69, 9.17) is 4.98 Å². The zero-order valence-electron chi connectivity index (χ0n) is 13.2. The van der Waals surface area contributed by atoms with Crippen LogP contribution < -0.4 is 0 Å². The second-order valence-electron chi connectivity index (χ2n) is 6.47. The molecule has 3 heteroatoms. The fraction of sp³-hybridized carbons (Fsp3) is 0.143. The molecule has 0 amide bonds. The van der Waals surface area contributed by atoms with Crippen molar-refractivity contribution in [2.24, 2.45) is 0 Å². The van der Waals surface area contributed by atoms with E-state index in [1.165, 1.54) is 29.5 Å². The van der Waals surface area contributed by atoms with Crippen LogP contribution in [-0.2, 0) is 0 Å². The maximum absolute atomic E-state index is 4.69. The summed E-state index contributed by atoms with van der Waals surface area (Å²) in [5.41, 5.74) is 7.07. The molecule has 0 saturated heterocycles. The third-order valence-corrected chi connectivity index (χ3v) is 4.77. The molecule has 2 heterocycles. The molecule has 116 valence electrons. The number of rotatable bonds is 3. The number of nitrogens with one attached hydrogen (secondary N) is 1. The highest BCUT2D eigenvalue weighted by Gasteiger charge is 2.23. The topological polar surface area (TPSA) is 41.6 Å². The number of aromatic nitrogens is 3. The summed E-state index contributed by atoms with van der Waals surface area (Å²) in [7, 11) is 0. The Morgan fingerprint density at radius 2 is 1.88 bits per heavy atom. The lowest BCUT2D eigenvalue weighted by atomic mass is 9.97. The Hall–Kier alpha value is -2.94. The van der Waals surface area contributed by atoms with Crippen molar-refractivity contribution in [2.75, 3.05) is 0 Å². The number of nitrogens with zero attached hydrogens (tertiary/aromatic N) is 2. The van der Waals surface area contributed by atoms with Crippen LogP contribution >= 0.6 is 0 Å². The van der Waals surface area contributed by atoms with Gasteiger partial charge in [0.25, 0.3) is 0 Å². The van der Waals surface area contributed by atoms with Crippen LogP contribution in [0.25, 0.3) is 33.3 Å². The van der Waals surface area contributed by atoms with Gasteiger partial charge in [0, 0.05) is 22.7 Å². The van der Waals surface area contributed by atoms with Crippen LogP contribution in [0.2, 0.25) is 0 Å². The van der Waals surface area contributed by atoms with Gasteiger partial charge in [0.15, 0.2) is 0 Å². The first kappa shape index (κ1) is 13.5. The molecule has 5 rings (SSSR count). The average Bonchev–Trinajstić information content (AvgIpc) is 3.39. The van der Waals surface area contributed by atoms with Crippen molar-refractivity contribution in [1.82, 2.24) is 15.2 Å². The first-order valence-electron chi connectivity index (χ1n) is 8.37. The van der Waals surface area contributed by atoms with Crippen molar-refractivity contribution in [3.05, 3.63) is 72.6 Å². The lowest BCUT2D eigenvalue weighted by Gasteiger charge is -2.10. The molecule has 4 aromatic rings. The second-order valence-corrected chi connectivity index (χ2v) is 6.47. The summed E-state index contributed by atoms with van der Waals surface area (Å²) in [6, 6.07) is 19.4. The molecule has 0 atom stereocenters. The number of pyridine rings is 1. The van der Waals surface area contributed by atoms with Crippen molar-refractivity contribution in [1.29, 1.82) is 0 Å². The first-order chi connectivity index (χ1) is 11.9. The highest BCUT2D eigenvalue weighted by Crippen LogP contribution is 2.41. The zero-order chi connectivity index (χ0) is 15.9. The molecule has 1 N–H and O–H groups in total. The van der Waals surface area contributed by atoms with Gasteiger partial charge < -0.3 is 0 Å². The van der Waals surface area contributed by atoms with Crippen LogP contribution in [0.4, 0.5) is 0 Å². The highest BCUT2D eigenvalue weighted by molar-refractivity contribution is 5.88. The Morgan fingerprint density at radius 1 is 0.917 bits per heavy atom. The number of H-pyrrole nitrogens is 1. The summed E-state index contributed by atoms with van der Waals surface area (Å²) in [5, 5.41) is 8.24. The molecule has 3 nitrogen and oxygen atoms in total. The predicted octanol–water partition coefficient (Wildman–Crippen LogP) is 5.17. The third-order valence-electron chi connectivity index (χ3n) is 4.77. The van der Waals surface area contributed by atoms with Crippen molar-refractivity contribution < 1.29 is 0 Å². The molecule has 0 aliphatic heterocycles. The van der Waals surface area contributed by atoms with E-state index >= 15 is 0 Å². The summed E-state index contributed by atoms with van der Waals surface area (Å²) in [6.45, 7) is 0. The minimum absolute atomic E-state index is 0.749. The van der Waals surface area contributed by atoms with Gasteiger partial charge in [-0.3, -0.25) is 10.1 Å². The number of fused-ring (bicyclic) bond motifs is 1. The molecule has 2 aromatic carbocycles. The molecule has 1 fully saturated rings. The van der Waals surface area contributed by atoms with Gasteiger partial charge >= 0.3 is 0 Å². The fourth-order valence-corrected chi connectivity index (χ4v) is 3.34. The molecule has 0 unspecified atom stereocenters. The van der Waals surface area contributed by atoms with Crippen LogP contribution in [0.1, 0.15) is 24.3 Å². The largest absolute Gasteiger partial charge is 0.278 e. The van der Waals surface area contributed by atoms with E-state index in [1.807, 2.05) is 18.5 Å². The molecule has 2 aromatic heterocycles. The molecular weight excluding hydrogens is 294 g/mol. The minimum atomic E-state index is 0.749. The Morgan fingerprint density at radius 3 is 2.79 bits per heavy atom. The maximum atomic E-state index is 4.69. The van der Waals surface area contributed by atoms with E-state index < -0.39 is 0 Å². The van der Waals surface area contributed by atoms with E-state index in [0.29, 0.717) is 0 Å². The van der Waals surface area contributed by atoms with Crippen LogP contribution in [0, 0.1) is 0 Å². The number of aromatic amines is 1. The van der Waals surface area contributed by atoms with Gasteiger partial charge in [-0.15, -0.1) is 0 Å². The lowest BCUT2D eigenvalue weighted by Crippen LogP contribution is -1.90. The predicted molar refractivity (Wildman–Crippen MR) is 96.7 cm³/mol. The van der Waals surface area contributed by atoms with Crippen molar-refractivity contribution >= 4 is 10.9 Å². The highest BCUT2D eigenvalue weighted by atomic mass is 15.1. The van der Waals surface area contributed by atoms with Gasteiger partial charge in [0.1, 0.15) is 0 Å². The van der Waals surface area contributed by atoms with Gasteiger partial charge in [0.05, 0.1) is 17.4 Å². The van der Waals surface area contributed by atoms with Crippen LogP contribution in [0.3, 0.4) is 0 Å². The summed E-state index contributed by atoms with van der Waals surface area (Å²) in [5.74, 6) is 0.749. The summed E-state index contributed by atoms with van der Waals surface area (Å²) < 4.78 is 0. The quantitative estimate of drug-likeness (QED) is 0.567. The lowest BCUT2D eigenvalue weighted by molar-refractivity contribution is 1.12. The number of hydrogen-bond donors (Lipinski definition) is 1. The van der Waals surface area contributed by atoms with E-state index in [9.17, 15) is 0 Å². The summed E-state index contributed by atoms with van der Waals surface area (Å²) in [4.78, 5) is 4.69. The molecule has 1 aliphatic carbocycles. The Labute approximate surface area is 140 Å². The van der Waals surface area contributed by atoms with Gasteiger partial charge in [0.2, 0.25) is 0 Å². The smallest absolute Gasteiger partial charge is 0.0780 e. The van der Waals surface area contributed by atoms with E-state index in [-0.39, 0.29) is 0 Å². The average molecular weight is 311 g/mol. The zero-order valence-corrected chi connectivity index (χ0v) is 13.2. The van der Waals surface area contributed by atoms with Crippen LogP contribution in [0.15, 0.2) is 67.0 Å². The van der Waals surface area contributed by atoms with Crippen LogP contribution in [0.5, 0.6) is 0 Å². The number of benzene rings is 2. The minimum Gasteiger partial charge on any atom is -0.278 e. The van der Waals surface area contributed by atoms with Gasteiger partial charge in [-0.2, -0.15) is 5.10 Å². The molecular formula is C21H17N3. The SMILES string of the molecule is c1cc(-c2ncccc2-c2ccc3[nH]ncc3c2)cc(C2CC2)c1. The van der Waals surface area contributed by atoms with Gasteiger partial charge in [-0.05, 0) is 54.2 Å². The molecule has 1 saturated carbocycles. The van der Waals surface area contributed by atoms with Crippen molar-refractivity contribution in [2.45, 2.75) is 18.8 Å². The standard InChI is InChI=1S/C21H17N3/c1-3-15(14-6-7-14)11-17(4-1)21-19(5-2-10-22-21)16-8-9-20-18(12-16)13-23-24-20/h1-5,8-14H,6-7H2,(H,23,24). The number of hydrogen-bond acceptors (Lipinski definition) is 2. The van der Waals surface area contributed by atoms with E-state index in [0.717, 1.165) is 28.1 Å².